The van der Waals surface area contributed by atoms with Gasteiger partial charge in [0.1, 0.15) is 28.8 Å². The van der Waals surface area contributed by atoms with Crippen molar-refractivity contribution in [2.75, 3.05) is 13.7 Å². The number of nitrogens with one attached hydrogen (secondary N) is 1. The molecule has 3 amide bonds. The molecule has 2 aromatic carbocycles. The molecule has 6 rings (SSSR count). The molecule has 1 saturated heterocycles. The molecule has 9 heteroatoms. The Kier molecular flexibility index (Phi) is 6.03. The average molecular weight is 561 g/mol. The summed E-state index contributed by atoms with van der Waals surface area (Å²) in [4.78, 5) is 35.0. The Balaban J connectivity index is 1.60. The van der Waals surface area contributed by atoms with Crippen LogP contribution in [0.1, 0.15) is 50.4 Å². The van der Waals surface area contributed by atoms with Crippen molar-refractivity contribution in [2.45, 2.75) is 57.7 Å². The van der Waals surface area contributed by atoms with Gasteiger partial charge in [0, 0.05) is 6.07 Å². The van der Waals surface area contributed by atoms with Crippen LogP contribution in [-0.4, -0.2) is 58.2 Å². The first-order valence-corrected chi connectivity index (χ1v) is 13.9. The Morgan fingerprint density at radius 1 is 1.12 bits per heavy atom. The Labute approximate surface area is 239 Å². The number of alkyl halides is 1. The van der Waals surface area contributed by atoms with Crippen LogP contribution in [0.2, 0.25) is 0 Å². The molecule has 3 aliphatic heterocycles. The van der Waals surface area contributed by atoms with Crippen molar-refractivity contribution < 1.29 is 19.1 Å². The van der Waals surface area contributed by atoms with E-state index in [-0.39, 0.29) is 30.6 Å². The van der Waals surface area contributed by atoms with Crippen LogP contribution in [-0.2, 0) is 4.79 Å². The second-order valence-corrected chi connectivity index (χ2v) is 12.3. The second kappa shape index (κ2) is 9.13. The van der Waals surface area contributed by atoms with Gasteiger partial charge in [0.2, 0.25) is 5.91 Å². The van der Waals surface area contributed by atoms with Gasteiger partial charge in [-0.2, -0.15) is 0 Å². The van der Waals surface area contributed by atoms with Crippen LogP contribution in [0, 0.1) is 12.3 Å². The molecule has 3 heterocycles. The third-order valence-electron chi connectivity index (χ3n) is 8.11. The van der Waals surface area contributed by atoms with Gasteiger partial charge in [-0.25, -0.2) is 4.79 Å². The quantitative estimate of drug-likeness (QED) is 0.397. The van der Waals surface area contributed by atoms with E-state index in [2.05, 4.69) is 30.4 Å². The highest BCUT2D eigenvalue weighted by atomic mass is 35.5. The Hall–Kier alpha value is -3.78. The number of hydrogen-bond donors (Lipinski definition) is 1. The summed E-state index contributed by atoms with van der Waals surface area (Å²) in [6.45, 7) is 9.77. The van der Waals surface area contributed by atoms with E-state index in [1.165, 1.54) is 0 Å². The number of urea groups is 1. The number of rotatable bonds is 5. The number of allylic oxidation sites excluding steroid dienone is 1. The van der Waals surface area contributed by atoms with E-state index in [9.17, 15) is 9.59 Å². The number of aliphatic imine (C=N–C) groups is 1. The van der Waals surface area contributed by atoms with Crippen molar-refractivity contribution in [3.05, 3.63) is 82.7 Å². The summed E-state index contributed by atoms with van der Waals surface area (Å²) in [6.07, 6.45) is 3.88. The molecule has 208 valence electrons. The van der Waals surface area contributed by atoms with Crippen LogP contribution in [0.4, 0.5) is 4.79 Å². The molecule has 2 unspecified atom stereocenters. The van der Waals surface area contributed by atoms with Crippen molar-refractivity contribution in [3.8, 4) is 11.5 Å². The van der Waals surface area contributed by atoms with Gasteiger partial charge in [-0.1, -0.05) is 42.0 Å². The molecular weight excluding hydrogens is 528 g/mol. The average Bonchev–Trinajstić information content (AvgIpc) is 3.31. The molecule has 1 fully saturated rings. The number of halogens is 1. The lowest BCUT2D eigenvalue weighted by Crippen LogP contribution is -2.67. The minimum atomic E-state index is -0.957. The molecule has 0 bridgehead atoms. The van der Waals surface area contributed by atoms with Gasteiger partial charge in [-0.15, -0.1) is 11.6 Å². The zero-order valence-corrected chi connectivity index (χ0v) is 24.2. The zero-order chi connectivity index (χ0) is 28.6. The maximum atomic E-state index is 14.5. The van der Waals surface area contributed by atoms with Crippen LogP contribution >= 0.6 is 11.6 Å². The number of carbonyl (C=O) groups is 2. The first-order valence-electron chi connectivity index (χ1n) is 13.5. The standard InChI is InChI=1S/C31H33ClN4O4/c1-17(2)40-22-15-20(39-6)10-11-21(22)28-34-24(19-9-7-8-18(3)14-19)26-30(4)12-13-31(5,32)25-27(30)35(16-23(37)33-25)29(38)36(26)28/h7-15,17,24,26H,16H2,1-6H3,(H,33,37)/t24-,26-,30?,31?/m0/s1. The number of fused-ring (bicyclic) bond motifs is 2. The molecule has 1 N–H and O–H groups in total. The number of amidine groups is 1. The summed E-state index contributed by atoms with van der Waals surface area (Å²) >= 11 is 6.90. The minimum Gasteiger partial charge on any atom is -0.497 e. The van der Waals surface area contributed by atoms with E-state index in [0.717, 1.165) is 16.8 Å². The third-order valence-corrected chi connectivity index (χ3v) is 8.42. The fourth-order valence-corrected chi connectivity index (χ4v) is 6.55. The van der Waals surface area contributed by atoms with Gasteiger partial charge >= 0.3 is 6.03 Å². The van der Waals surface area contributed by atoms with Gasteiger partial charge < -0.3 is 14.8 Å². The van der Waals surface area contributed by atoms with Gasteiger partial charge in [-0.3, -0.25) is 19.6 Å². The lowest BCUT2D eigenvalue weighted by atomic mass is 9.67. The first kappa shape index (κ1) is 26.4. The van der Waals surface area contributed by atoms with Crippen LogP contribution in [0.15, 0.2) is 71.0 Å². The fourth-order valence-electron chi connectivity index (χ4n) is 6.35. The van der Waals surface area contributed by atoms with Crippen molar-refractivity contribution in [2.24, 2.45) is 10.4 Å². The molecule has 0 radical (unpaired) electrons. The van der Waals surface area contributed by atoms with E-state index >= 15 is 0 Å². The first-order chi connectivity index (χ1) is 18.9. The number of carbonyl (C=O) groups excluding carboxylic acids is 2. The smallest absolute Gasteiger partial charge is 0.330 e. The summed E-state index contributed by atoms with van der Waals surface area (Å²) in [5, 5.41) is 2.99. The van der Waals surface area contributed by atoms with Gasteiger partial charge in [0.15, 0.2) is 0 Å². The molecule has 1 aliphatic carbocycles. The number of hydrogen-bond acceptors (Lipinski definition) is 5. The summed E-state index contributed by atoms with van der Waals surface area (Å²) < 4.78 is 11.7. The van der Waals surface area contributed by atoms with Gasteiger partial charge in [-0.05, 0) is 52.3 Å². The highest BCUT2D eigenvalue weighted by Crippen LogP contribution is 2.56. The van der Waals surface area contributed by atoms with Crippen molar-refractivity contribution >= 4 is 29.4 Å². The van der Waals surface area contributed by atoms with E-state index in [1.54, 1.807) is 16.9 Å². The van der Waals surface area contributed by atoms with Crippen LogP contribution < -0.4 is 14.8 Å². The molecule has 0 aromatic heterocycles. The zero-order valence-electron chi connectivity index (χ0n) is 23.5. The lowest BCUT2D eigenvalue weighted by Gasteiger charge is -2.55. The van der Waals surface area contributed by atoms with E-state index in [1.807, 2.05) is 64.1 Å². The summed E-state index contributed by atoms with van der Waals surface area (Å²) in [5.41, 5.74) is 3.36. The van der Waals surface area contributed by atoms with E-state index in [4.69, 9.17) is 26.1 Å². The summed E-state index contributed by atoms with van der Waals surface area (Å²) in [6, 6.07) is 12.7. The highest BCUT2D eigenvalue weighted by molar-refractivity contribution is 6.27. The number of benzene rings is 2. The molecule has 4 atom stereocenters. The minimum absolute atomic E-state index is 0.0996. The molecule has 2 aromatic rings. The summed E-state index contributed by atoms with van der Waals surface area (Å²) in [7, 11) is 1.60. The monoisotopic (exact) mass is 560 g/mol. The maximum Gasteiger partial charge on any atom is 0.330 e. The van der Waals surface area contributed by atoms with Crippen molar-refractivity contribution in [1.82, 2.24) is 15.1 Å². The van der Waals surface area contributed by atoms with Crippen LogP contribution in [0.5, 0.6) is 11.5 Å². The number of aryl methyl sites for hydroxylation is 1. The van der Waals surface area contributed by atoms with E-state index in [0.29, 0.717) is 28.6 Å². The Morgan fingerprint density at radius 3 is 2.60 bits per heavy atom. The maximum absolute atomic E-state index is 14.5. The predicted molar refractivity (Wildman–Crippen MR) is 154 cm³/mol. The number of amides is 3. The predicted octanol–water partition coefficient (Wildman–Crippen LogP) is 5.31. The highest BCUT2D eigenvalue weighted by Gasteiger charge is 2.62. The molecule has 40 heavy (non-hydrogen) atoms. The largest absolute Gasteiger partial charge is 0.497 e. The third kappa shape index (κ3) is 3.91. The SMILES string of the molecule is COc1ccc(C2=N[C@@H](c3cccc(C)c3)[C@@H]3N2C(=O)N2CC(=O)NC4=C2C3(C)C=CC4(C)Cl)c(OC(C)C)c1. The molecular formula is C31H33ClN4O4. The van der Waals surface area contributed by atoms with Crippen LogP contribution in [0.3, 0.4) is 0 Å². The van der Waals surface area contributed by atoms with Crippen molar-refractivity contribution in [1.29, 1.82) is 0 Å². The molecule has 8 nitrogen and oxygen atoms in total. The second-order valence-electron chi connectivity index (χ2n) is 11.5. The molecule has 4 aliphatic rings. The topological polar surface area (TPSA) is 83.5 Å². The van der Waals surface area contributed by atoms with E-state index < -0.39 is 16.3 Å². The summed E-state index contributed by atoms with van der Waals surface area (Å²) in [5.74, 6) is 1.43. The normalized spacial score (nSPS) is 28.9. The van der Waals surface area contributed by atoms with Crippen LogP contribution in [0.25, 0.3) is 0 Å². The van der Waals surface area contributed by atoms with Gasteiger partial charge in [0.05, 0.1) is 47.7 Å². The Morgan fingerprint density at radius 2 is 1.90 bits per heavy atom. The Bertz CT molecular complexity index is 1530. The fraction of sp³-hybridized carbons (Fsp3) is 0.387. The number of ether oxygens (including phenoxy) is 2. The molecule has 0 spiro atoms. The number of methoxy groups -OCH3 is 1. The number of nitrogens with zero attached hydrogens (tertiary/aromatic N) is 3. The molecule has 0 saturated carbocycles. The van der Waals surface area contributed by atoms with Gasteiger partial charge in [0.25, 0.3) is 0 Å². The lowest BCUT2D eigenvalue weighted by molar-refractivity contribution is -0.122. The van der Waals surface area contributed by atoms with Crippen molar-refractivity contribution in [3.63, 3.8) is 0 Å².